The molecule has 1 aromatic rings. The Morgan fingerprint density at radius 3 is 3.00 bits per heavy atom. The molecule has 19 heavy (non-hydrogen) atoms. The van der Waals surface area contributed by atoms with Gasteiger partial charge in [0.05, 0.1) is 7.11 Å². The van der Waals surface area contributed by atoms with Crippen LogP contribution < -0.4 is 10.6 Å². The van der Waals surface area contributed by atoms with E-state index < -0.39 is 5.97 Å². The number of carbonyl (C=O) groups is 2. The van der Waals surface area contributed by atoms with Crippen LogP contribution in [-0.4, -0.2) is 36.6 Å². The molecule has 0 aromatic carbocycles. The van der Waals surface area contributed by atoms with Gasteiger partial charge in [0, 0.05) is 24.4 Å². The molecule has 0 radical (unpaired) electrons. The van der Waals surface area contributed by atoms with Crippen molar-refractivity contribution in [1.82, 2.24) is 10.3 Å². The van der Waals surface area contributed by atoms with Gasteiger partial charge in [-0.2, -0.15) is 0 Å². The molecule has 0 unspecified atom stereocenters. The van der Waals surface area contributed by atoms with Crippen molar-refractivity contribution in [3.8, 4) is 0 Å². The second kappa shape index (κ2) is 6.51. The Kier molecular flexibility index (Phi) is 4.73. The molecular formula is C12H17N3O3S. The van der Waals surface area contributed by atoms with Crippen LogP contribution in [0.3, 0.4) is 0 Å². The van der Waals surface area contributed by atoms with Crippen LogP contribution in [0.4, 0.5) is 5.13 Å². The predicted molar refractivity (Wildman–Crippen MR) is 72.3 cm³/mol. The van der Waals surface area contributed by atoms with Crippen LogP contribution in [0, 0.1) is 0 Å². The van der Waals surface area contributed by atoms with Gasteiger partial charge in [0.15, 0.2) is 10.8 Å². The molecule has 1 saturated carbocycles. The Morgan fingerprint density at radius 1 is 1.53 bits per heavy atom. The van der Waals surface area contributed by atoms with Gasteiger partial charge in [0.2, 0.25) is 5.91 Å². The molecule has 1 heterocycles. The molecule has 0 aliphatic heterocycles. The highest BCUT2D eigenvalue weighted by atomic mass is 32.1. The van der Waals surface area contributed by atoms with E-state index in [1.54, 1.807) is 5.38 Å². The molecule has 0 saturated heterocycles. The number of carbonyl (C=O) groups excluding carboxylic acids is 2. The molecule has 2 N–H and O–H groups in total. The first-order valence-corrected chi connectivity index (χ1v) is 7.14. The van der Waals surface area contributed by atoms with Gasteiger partial charge in [0.25, 0.3) is 0 Å². The summed E-state index contributed by atoms with van der Waals surface area (Å²) in [5.41, 5.74) is 0.307. The standard InChI is InChI=1S/C12H17N3O3S/c1-18-11(17)9-7-19-12(15-9)13-6-2-3-10(16)14-8-4-5-8/h7-8H,2-6H2,1H3,(H,13,15)(H,14,16). The van der Waals surface area contributed by atoms with E-state index in [-0.39, 0.29) is 5.91 Å². The molecule has 1 aliphatic carbocycles. The number of esters is 1. The van der Waals surface area contributed by atoms with Crippen molar-refractivity contribution >= 4 is 28.3 Å². The van der Waals surface area contributed by atoms with Crippen LogP contribution in [0.25, 0.3) is 0 Å². The van der Waals surface area contributed by atoms with Crippen LogP contribution in [0.1, 0.15) is 36.2 Å². The highest BCUT2D eigenvalue weighted by Crippen LogP contribution is 2.19. The number of hydrogen-bond acceptors (Lipinski definition) is 6. The van der Waals surface area contributed by atoms with Crippen molar-refractivity contribution < 1.29 is 14.3 Å². The Balaban J connectivity index is 1.63. The second-order valence-electron chi connectivity index (χ2n) is 4.40. The van der Waals surface area contributed by atoms with E-state index in [0.29, 0.717) is 29.8 Å². The van der Waals surface area contributed by atoms with Gasteiger partial charge in [-0.05, 0) is 19.3 Å². The number of methoxy groups -OCH3 is 1. The SMILES string of the molecule is COC(=O)c1csc(NCCCC(=O)NC2CC2)n1. The quantitative estimate of drug-likeness (QED) is 0.584. The van der Waals surface area contributed by atoms with Crippen molar-refractivity contribution in [1.29, 1.82) is 0 Å². The van der Waals surface area contributed by atoms with E-state index in [9.17, 15) is 9.59 Å². The zero-order valence-corrected chi connectivity index (χ0v) is 11.6. The summed E-state index contributed by atoms with van der Waals surface area (Å²) in [6.45, 7) is 0.659. The highest BCUT2D eigenvalue weighted by Gasteiger charge is 2.22. The average molecular weight is 283 g/mol. The minimum atomic E-state index is -0.437. The maximum Gasteiger partial charge on any atom is 0.357 e. The van der Waals surface area contributed by atoms with Crippen molar-refractivity contribution in [3.63, 3.8) is 0 Å². The summed E-state index contributed by atoms with van der Waals surface area (Å²) in [6.07, 6.45) is 3.48. The minimum Gasteiger partial charge on any atom is -0.464 e. The molecule has 104 valence electrons. The minimum absolute atomic E-state index is 0.110. The first kappa shape index (κ1) is 13.8. The molecule has 1 aliphatic rings. The molecule has 0 atom stereocenters. The molecule has 1 aromatic heterocycles. The summed E-state index contributed by atoms with van der Waals surface area (Å²) in [6, 6.07) is 0.419. The van der Waals surface area contributed by atoms with E-state index in [1.807, 2.05) is 0 Å². The lowest BCUT2D eigenvalue weighted by atomic mass is 10.3. The van der Waals surface area contributed by atoms with E-state index in [4.69, 9.17) is 0 Å². The summed E-state index contributed by atoms with van der Waals surface area (Å²) in [5.74, 6) is -0.327. The molecule has 2 rings (SSSR count). The lowest BCUT2D eigenvalue weighted by molar-refractivity contribution is -0.121. The van der Waals surface area contributed by atoms with Crippen molar-refractivity contribution in [3.05, 3.63) is 11.1 Å². The third-order valence-electron chi connectivity index (χ3n) is 2.70. The average Bonchev–Trinajstić information content (AvgIpc) is 3.08. The molecule has 0 spiro atoms. The lowest BCUT2D eigenvalue weighted by Gasteiger charge is -2.03. The molecule has 0 bridgehead atoms. The topological polar surface area (TPSA) is 80.3 Å². The van der Waals surface area contributed by atoms with Gasteiger partial charge in [-0.25, -0.2) is 9.78 Å². The second-order valence-corrected chi connectivity index (χ2v) is 5.26. The predicted octanol–water partition coefficient (Wildman–Crippen LogP) is 1.40. The van der Waals surface area contributed by atoms with Crippen molar-refractivity contribution in [2.24, 2.45) is 0 Å². The van der Waals surface area contributed by atoms with Gasteiger partial charge in [-0.1, -0.05) is 0 Å². The summed E-state index contributed by atoms with van der Waals surface area (Å²) < 4.78 is 4.57. The zero-order valence-electron chi connectivity index (χ0n) is 10.8. The monoisotopic (exact) mass is 283 g/mol. The number of nitrogens with one attached hydrogen (secondary N) is 2. The van der Waals surface area contributed by atoms with Gasteiger partial charge in [-0.15, -0.1) is 11.3 Å². The number of thiazole rings is 1. The maximum absolute atomic E-state index is 11.4. The van der Waals surface area contributed by atoms with Crippen LogP contribution in [0.15, 0.2) is 5.38 Å². The molecular weight excluding hydrogens is 266 g/mol. The largest absolute Gasteiger partial charge is 0.464 e. The number of nitrogens with zero attached hydrogens (tertiary/aromatic N) is 1. The molecule has 1 fully saturated rings. The number of hydrogen-bond donors (Lipinski definition) is 2. The Hall–Kier alpha value is -1.63. The number of amides is 1. The first-order chi connectivity index (χ1) is 9.19. The molecule has 1 amide bonds. The van der Waals surface area contributed by atoms with Gasteiger partial charge >= 0.3 is 5.97 Å². The Labute approximate surface area is 115 Å². The van der Waals surface area contributed by atoms with Crippen molar-refractivity contribution in [2.45, 2.75) is 31.7 Å². The summed E-state index contributed by atoms with van der Waals surface area (Å²) in [5, 5.41) is 8.34. The van der Waals surface area contributed by atoms with Crippen molar-refractivity contribution in [2.75, 3.05) is 19.0 Å². The smallest absolute Gasteiger partial charge is 0.357 e. The molecule has 7 heteroatoms. The van der Waals surface area contributed by atoms with Crippen LogP contribution >= 0.6 is 11.3 Å². The zero-order chi connectivity index (χ0) is 13.7. The van der Waals surface area contributed by atoms with Crippen LogP contribution in [0.2, 0.25) is 0 Å². The van der Waals surface area contributed by atoms with Crippen LogP contribution in [-0.2, 0) is 9.53 Å². The summed E-state index contributed by atoms with van der Waals surface area (Å²) in [4.78, 5) is 26.7. The fourth-order valence-corrected chi connectivity index (χ4v) is 2.23. The number of rotatable bonds is 7. The first-order valence-electron chi connectivity index (χ1n) is 6.26. The van der Waals surface area contributed by atoms with Gasteiger partial charge in [0.1, 0.15) is 0 Å². The van der Waals surface area contributed by atoms with E-state index in [2.05, 4.69) is 20.4 Å². The number of anilines is 1. The number of aromatic nitrogens is 1. The summed E-state index contributed by atoms with van der Waals surface area (Å²) in [7, 11) is 1.33. The lowest BCUT2D eigenvalue weighted by Crippen LogP contribution is -2.25. The maximum atomic E-state index is 11.4. The fraction of sp³-hybridized carbons (Fsp3) is 0.583. The Morgan fingerprint density at radius 2 is 2.32 bits per heavy atom. The third kappa shape index (κ3) is 4.51. The molecule has 6 nitrogen and oxygen atoms in total. The fourth-order valence-electron chi connectivity index (χ4n) is 1.53. The number of ether oxygens (including phenoxy) is 1. The normalized spacial score (nSPS) is 13.9. The van der Waals surface area contributed by atoms with E-state index in [0.717, 1.165) is 19.3 Å². The van der Waals surface area contributed by atoms with E-state index >= 15 is 0 Å². The van der Waals surface area contributed by atoms with Gasteiger partial charge < -0.3 is 15.4 Å². The van der Waals surface area contributed by atoms with Crippen LogP contribution in [0.5, 0.6) is 0 Å². The third-order valence-corrected chi connectivity index (χ3v) is 3.50. The van der Waals surface area contributed by atoms with Gasteiger partial charge in [-0.3, -0.25) is 4.79 Å². The summed E-state index contributed by atoms with van der Waals surface area (Å²) >= 11 is 1.35. The highest BCUT2D eigenvalue weighted by molar-refractivity contribution is 7.13. The Bertz CT molecular complexity index is 457. The van der Waals surface area contributed by atoms with E-state index in [1.165, 1.54) is 18.4 Å².